The molecule has 0 saturated heterocycles. The Bertz CT molecular complexity index is 709. The van der Waals surface area contributed by atoms with Crippen LogP contribution in [0.3, 0.4) is 0 Å². The molecule has 4 nitrogen and oxygen atoms in total. The number of halogens is 4. The molecule has 21 heavy (non-hydrogen) atoms. The standard InChI is InChI=1S/C13H7BrF3NO3/c14-9-2-3-10(15)8(13(9)17)6-21-12-4-1-7(18(19)20)5-11(12)16/h1-5H,6H2. The third-order valence-corrected chi connectivity index (χ3v) is 3.25. The van der Waals surface area contributed by atoms with Gasteiger partial charge in [0, 0.05) is 6.07 Å². The largest absolute Gasteiger partial charge is 0.486 e. The highest BCUT2D eigenvalue weighted by atomic mass is 79.9. The molecule has 0 aliphatic rings. The highest BCUT2D eigenvalue weighted by Gasteiger charge is 2.15. The fourth-order valence-corrected chi connectivity index (χ4v) is 1.94. The average molecular weight is 362 g/mol. The van der Waals surface area contributed by atoms with Gasteiger partial charge >= 0.3 is 0 Å². The molecule has 2 aromatic carbocycles. The second-order valence-electron chi connectivity index (χ2n) is 3.98. The Morgan fingerprint density at radius 2 is 1.86 bits per heavy atom. The zero-order chi connectivity index (χ0) is 15.6. The maximum absolute atomic E-state index is 13.7. The normalized spacial score (nSPS) is 10.5. The van der Waals surface area contributed by atoms with Crippen molar-refractivity contribution in [1.82, 2.24) is 0 Å². The van der Waals surface area contributed by atoms with E-state index in [0.29, 0.717) is 6.07 Å². The minimum atomic E-state index is -0.986. The Hall–Kier alpha value is -2.09. The van der Waals surface area contributed by atoms with Gasteiger partial charge in [0.15, 0.2) is 11.6 Å². The van der Waals surface area contributed by atoms with E-state index in [0.717, 1.165) is 18.2 Å². The van der Waals surface area contributed by atoms with Crippen LogP contribution in [0.15, 0.2) is 34.8 Å². The molecule has 8 heteroatoms. The Morgan fingerprint density at radius 3 is 2.48 bits per heavy atom. The number of hydrogen-bond acceptors (Lipinski definition) is 3. The van der Waals surface area contributed by atoms with Crippen molar-refractivity contribution >= 4 is 21.6 Å². The molecule has 0 unspecified atom stereocenters. The molecule has 0 atom stereocenters. The molecular formula is C13H7BrF3NO3. The second kappa shape index (κ2) is 6.13. The summed E-state index contributed by atoms with van der Waals surface area (Å²) in [6.07, 6.45) is 0. The third-order valence-electron chi connectivity index (χ3n) is 2.64. The van der Waals surface area contributed by atoms with Gasteiger partial charge in [-0.1, -0.05) is 0 Å². The number of rotatable bonds is 4. The number of hydrogen-bond donors (Lipinski definition) is 0. The van der Waals surface area contributed by atoms with Crippen LogP contribution in [0.1, 0.15) is 5.56 Å². The highest BCUT2D eigenvalue weighted by molar-refractivity contribution is 9.10. The van der Waals surface area contributed by atoms with Gasteiger partial charge in [0.25, 0.3) is 5.69 Å². The fraction of sp³-hybridized carbons (Fsp3) is 0.0769. The third kappa shape index (κ3) is 3.33. The van der Waals surface area contributed by atoms with Crippen LogP contribution in [0.4, 0.5) is 18.9 Å². The van der Waals surface area contributed by atoms with Crippen molar-refractivity contribution in [2.24, 2.45) is 0 Å². The molecule has 0 amide bonds. The molecule has 0 aliphatic heterocycles. The minimum absolute atomic E-state index is 0.0478. The smallest absolute Gasteiger partial charge is 0.272 e. The van der Waals surface area contributed by atoms with E-state index in [1.165, 1.54) is 6.07 Å². The predicted octanol–water partition coefficient (Wildman–Crippen LogP) is 4.35. The summed E-state index contributed by atoms with van der Waals surface area (Å²) in [5.41, 5.74) is -0.818. The van der Waals surface area contributed by atoms with E-state index in [-0.39, 0.29) is 15.8 Å². The summed E-state index contributed by atoms with van der Waals surface area (Å²) in [6, 6.07) is 4.97. The average Bonchev–Trinajstić information content (AvgIpc) is 2.44. The molecule has 2 rings (SSSR count). The molecule has 0 radical (unpaired) electrons. The Kier molecular flexibility index (Phi) is 4.46. The second-order valence-corrected chi connectivity index (χ2v) is 4.84. The SMILES string of the molecule is O=[N+]([O-])c1ccc(OCc2c(F)ccc(Br)c2F)c(F)c1. The van der Waals surface area contributed by atoms with Crippen LogP contribution >= 0.6 is 15.9 Å². The lowest BCUT2D eigenvalue weighted by atomic mass is 10.2. The van der Waals surface area contributed by atoms with E-state index in [2.05, 4.69) is 15.9 Å². The zero-order valence-electron chi connectivity index (χ0n) is 10.3. The summed E-state index contributed by atoms with van der Waals surface area (Å²) in [4.78, 5) is 9.70. The quantitative estimate of drug-likeness (QED) is 0.462. The van der Waals surface area contributed by atoms with Crippen LogP contribution in [0, 0.1) is 27.6 Å². The molecule has 0 fully saturated rings. The number of benzene rings is 2. The van der Waals surface area contributed by atoms with Gasteiger partial charge in [-0.25, -0.2) is 13.2 Å². The van der Waals surface area contributed by atoms with Gasteiger partial charge in [-0.05, 0) is 34.1 Å². The van der Waals surface area contributed by atoms with Gasteiger partial charge in [0.05, 0.1) is 21.0 Å². The molecule has 0 aliphatic carbocycles. The first-order chi connectivity index (χ1) is 9.90. The molecule has 0 aromatic heterocycles. The summed E-state index contributed by atoms with van der Waals surface area (Å²) in [5, 5.41) is 10.5. The number of nitrogens with zero attached hydrogens (tertiary/aromatic N) is 1. The van der Waals surface area contributed by atoms with E-state index in [4.69, 9.17) is 4.74 Å². The Morgan fingerprint density at radius 1 is 1.14 bits per heavy atom. The Labute approximate surface area is 125 Å². The number of non-ortho nitro benzene ring substituents is 1. The van der Waals surface area contributed by atoms with Gasteiger partial charge in [-0.15, -0.1) is 0 Å². The molecule has 0 bridgehead atoms. The first-order valence-electron chi connectivity index (χ1n) is 5.59. The lowest BCUT2D eigenvalue weighted by Gasteiger charge is -2.09. The van der Waals surface area contributed by atoms with Crippen molar-refractivity contribution in [1.29, 1.82) is 0 Å². The van der Waals surface area contributed by atoms with E-state index < -0.39 is 34.7 Å². The fourth-order valence-electron chi connectivity index (χ4n) is 1.57. The van der Waals surface area contributed by atoms with Gasteiger partial charge in [0.1, 0.15) is 18.2 Å². The van der Waals surface area contributed by atoms with Crippen LogP contribution in [-0.2, 0) is 6.61 Å². The summed E-state index contributed by atoms with van der Waals surface area (Å²) in [6.45, 7) is -0.550. The predicted molar refractivity (Wildman–Crippen MR) is 71.4 cm³/mol. The van der Waals surface area contributed by atoms with Crippen LogP contribution in [0.25, 0.3) is 0 Å². The Balaban J connectivity index is 2.21. The van der Waals surface area contributed by atoms with Gasteiger partial charge < -0.3 is 4.74 Å². The topological polar surface area (TPSA) is 52.4 Å². The van der Waals surface area contributed by atoms with E-state index in [1.54, 1.807) is 0 Å². The lowest BCUT2D eigenvalue weighted by molar-refractivity contribution is -0.385. The molecule has 2 aromatic rings. The van der Waals surface area contributed by atoms with Crippen molar-refractivity contribution in [2.45, 2.75) is 6.61 Å². The minimum Gasteiger partial charge on any atom is -0.486 e. The number of nitro benzene ring substituents is 1. The van der Waals surface area contributed by atoms with E-state index >= 15 is 0 Å². The van der Waals surface area contributed by atoms with Crippen molar-refractivity contribution in [3.05, 3.63) is 67.9 Å². The molecule has 0 spiro atoms. The van der Waals surface area contributed by atoms with Gasteiger partial charge in [0.2, 0.25) is 0 Å². The number of ether oxygens (including phenoxy) is 1. The van der Waals surface area contributed by atoms with Gasteiger partial charge in [-0.2, -0.15) is 0 Å². The molecule has 110 valence electrons. The monoisotopic (exact) mass is 361 g/mol. The first-order valence-corrected chi connectivity index (χ1v) is 6.38. The number of nitro groups is 1. The van der Waals surface area contributed by atoms with Crippen molar-refractivity contribution < 1.29 is 22.8 Å². The van der Waals surface area contributed by atoms with E-state index in [9.17, 15) is 23.3 Å². The summed E-state index contributed by atoms with van der Waals surface area (Å²) >= 11 is 2.90. The van der Waals surface area contributed by atoms with Gasteiger partial charge in [-0.3, -0.25) is 10.1 Å². The molecule has 0 saturated carbocycles. The summed E-state index contributed by atoms with van der Waals surface area (Å²) in [7, 11) is 0. The first kappa shape index (κ1) is 15.3. The van der Waals surface area contributed by atoms with Crippen molar-refractivity contribution in [3.8, 4) is 5.75 Å². The van der Waals surface area contributed by atoms with Crippen LogP contribution < -0.4 is 4.74 Å². The van der Waals surface area contributed by atoms with Crippen molar-refractivity contribution in [2.75, 3.05) is 0 Å². The van der Waals surface area contributed by atoms with Crippen molar-refractivity contribution in [3.63, 3.8) is 0 Å². The van der Waals surface area contributed by atoms with Crippen LogP contribution in [0.2, 0.25) is 0 Å². The van der Waals surface area contributed by atoms with Crippen LogP contribution in [0.5, 0.6) is 5.75 Å². The summed E-state index contributed by atoms with van der Waals surface area (Å²) in [5.74, 6) is -3.00. The highest BCUT2D eigenvalue weighted by Crippen LogP contribution is 2.26. The maximum Gasteiger partial charge on any atom is 0.272 e. The molecule has 0 heterocycles. The van der Waals surface area contributed by atoms with E-state index in [1.807, 2.05) is 0 Å². The lowest BCUT2D eigenvalue weighted by Crippen LogP contribution is -2.04. The molecule has 0 N–H and O–H groups in total. The maximum atomic E-state index is 13.7. The van der Waals surface area contributed by atoms with Crippen LogP contribution in [-0.4, -0.2) is 4.92 Å². The summed E-state index contributed by atoms with van der Waals surface area (Å²) < 4.78 is 45.8. The zero-order valence-corrected chi connectivity index (χ0v) is 11.9. The molecular weight excluding hydrogens is 355 g/mol.